The number of carbonyl (C=O) groups excluding carboxylic acids is 1. The zero-order valence-electron chi connectivity index (χ0n) is 9.69. The molecular formula is C13H11F2NO2. The third-order valence-corrected chi connectivity index (χ3v) is 2.54. The van der Waals surface area contributed by atoms with E-state index in [0.717, 1.165) is 6.07 Å². The maximum Gasteiger partial charge on any atom is 0.355 e. The molecule has 0 spiro atoms. The van der Waals surface area contributed by atoms with Crippen LogP contribution in [0.25, 0.3) is 0 Å². The third-order valence-electron chi connectivity index (χ3n) is 2.54. The lowest BCUT2D eigenvalue weighted by atomic mass is 10.2. The molecule has 0 saturated carbocycles. The fraction of sp³-hybridized carbons (Fsp3) is 0.154. The highest BCUT2D eigenvalue weighted by atomic mass is 19.2. The summed E-state index contributed by atoms with van der Waals surface area (Å²) in [4.78, 5) is 11.6. The molecule has 2 rings (SSSR count). The van der Waals surface area contributed by atoms with Crippen molar-refractivity contribution in [2.24, 2.45) is 7.05 Å². The molecule has 1 aromatic heterocycles. The van der Waals surface area contributed by atoms with Gasteiger partial charge in [0.25, 0.3) is 0 Å². The zero-order chi connectivity index (χ0) is 13.1. The molecule has 0 aliphatic heterocycles. The van der Waals surface area contributed by atoms with Crippen molar-refractivity contribution < 1.29 is 18.3 Å². The first-order valence-electron chi connectivity index (χ1n) is 5.31. The predicted octanol–water partition coefficient (Wildman–Crippen LogP) is 2.66. The van der Waals surface area contributed by atoms with Crippen LogP contribution >= 0.6 is 0 Å². The number of esters is 1. The first kappa shape index (κ1) is 12.3. The topological polar surface area (TPSA) is 31.2 Å². The van der Waals surface area contributed by atoms with Crippen molar-refractivity contribution in [2.45, 2.75) is 6.61 Å². The van der Waals surface area contributed by atoms with Crippen molar-refractivity contribution in [2.75, 3.05) is 0 Å². The molecule has 0 saturated heterocycles. The Balaban J connectivity index is 2.06. The Morgan fingerprint density at radius 1 is 1.28 bits per heavy atom. The molecule has 0 aliphatic carbocycles. The van der Waals surface area contributed by atoms with Gasteiger partial charge in [0.15, 0.2) is 11.6 Å². The number of halogens is 2. The Hall–Kier alpha value is -2.17. The van der Waals surface area contributed by atoms with E-state index in [9.17, 15) is 13.6 Å². The predicted molar refractivity (Wildman–Crippen MR) is 60.9 cm³/mol. The molecule has 0 radical (unpaired) electrons. The van der Waals surface area contributed by atoms with Gasteiger partial charge in [0, 0.05) is 18.8 Å². The summed E-state index contributed by atoms with van der Waals surface area (Å²) >= 11 is 0. The van der Waals surface area contributed by atoms with Crippen molar-refractivity contribution >= 4 is 5.97 Å². The summed E-state index contributed by atoms with van der Waals surface area (Å²) in [5.74, 6) is -2.52. The van der Waals surface area contributed by atoms with Gasteiger partial charge in [-0.25, -0.2) is 13.6 Å². The molecular weight excluding hydrogens is 240 g/mol. The summed E-state index contributed by atoms with van der Waals surface area (Å²) in [6, 6.07) is 7.03. The van der Waals surface area contributed by atoms with Crippen LogP contribution < -0.4 is 0 Å². The molecule has 0 aliphatic rings. The van der Waals surface area contributed by atoms with Gasteiger partial charge < -0.3 is 9.30 Å². The van der Waals surface area contributed by atoms with Gasteiger partial charge >= 0.3 is 5.97 Å². The van der Waals surface area contributed by atoms with E-state index < -0.39 is 17.6 Å². The molecule has 3 nitrogen and oxygen atoms in total. The number of aromatic nitrogens is 1. The van der Waals surface area contributed by atoms with Gasteiger partial charge in [0.05, 0.1) is 0 Å². The fourth-order valence-corrected chi connectivity index (χ4v) is 1.55. The average molecular weight is 251 g/mol. The van der Waals surface area contributed by atoms with Crippen molar-refractivity contribution in [3.8, 4) is 0 Å². The highest BCUT2D eigenvalue weighted by Gasteiger charge is 2.13. The Morgan fingerprint density at radius 2 is 2.06 bits per heavy atom. The standard InChI is InChI=1S/C13H11F2NO2/c1-16-7-3-6-11(16)13(17)18-8-9-4-2-5-10(14)12(9)15/h2-7H,8H2,1H3. The zero-order valence-corrected chi connectivity index (χ0v) is 9.69. The molecule has 0 atom stereocenters. The lowest BCUT2D eigenvalue weighted by molar-refractivity contribution is 0.0457. The van der Waals surface area contributed by atoms with Crippen molar-refractivity contribution in [3.63, 3.8) is 0 Å². The summed E-state index contributed by atoms with van der Waals surface area (Å²) in [7, 11) is 1.69. The SMILES string of the molecule is Cn1cccc1C(=O)OCc1cccc(F)c1F. The van der Waals surface area contributed by atoms with Gasteiger partial charge in [-0.3, -0.25) is 0 Å². The maximum atomic E-state index is 13.3. The lowest BCUT2D eigenvalue weighted by Crippen LogP contribution is -2.10. The highest BCUT2D eigenvalue weighted by molar-refractivity contribution is 5.87. The van der Waals surface area contributed by atoms with Crippen LogP contribution in [0.3, 0.4) is 0 Å². The lowest BCUT2D eigenvalue weighted by Gasteiger charge is -2.06. The van der Waals surface area contributed by atoms with Gasteiger partial charge in [0.1, 0.15) is 12.3 Å². The maximum absolute atomic E-state index is 13.3. The first-order valence-corrected chi connectivity index (χ1v) is 5.31. The highest BCUT2D eigenvalue weighted by Crippen LogP contribution is 2.13. The number of nitrogens with zero attached hydrogens (tertiary/aromatic N) is 1. The van der Waals surface area contributed by atoms with Crippen LogP contribution in [0.2, 0.25) is 0 Å². The van der Waals surface area contributed by atoms with Gasteiger partial charge in [-0.15, -0.1) is 0 Å². The summed E-state index contributed by atoms with van der Waals surface area (Å²) in [6.07, 6.45) is 1.69. The number of hydrogen-bond donors (Lipinski definition) is 0. The molecule has 94 valence electrons. The molecule has 0 N–H and O–H groups in total. The minimum Gasteiger partial charge on any atom is -0.456 e. The molecule has 0 unspecified atom stereocenters. The number of aryl methyl sites for hydroxylation is 1. The van der Waals surface area contributed by atoms with E-state index in [2.05, 4.69) is 0 Å². The largest absolute Gasteiger partial charge is 0.456 e. The molecule has 0 fully saturated rings. The second-order valence-electron chi connectivity index (χ2n) is 3.79. The number of benzene rings is 1. The van der Waals surface area contributed by atoms with Gasteiger partial charge in [-0.2, -0.15) is 0 Å². The second kappa shape index (κ2) is 5.00. The summed E-state index contributed by atoms with van der Waals surface area (Å²) < 4.78 is 32.7. The van der Waals surface area contributed by atoms with E-state index >= 15 is 0 Å². The Labute approximate surface area is 103 Å². The summed E-state index contributed by atoms with van der Waals surface area (Å²) in [5, 5.41) is 0. The molecule has 2 aromatic rings. The fourth-order valence-electron chi connectivity index (χ4n) is 1.55. The average Bonchev–Trinajstić information content (AvgIpc) is 2.77. The van der Waals surface area contributed by atoms with Crippen LogP contribution in [0.4, 0.5) is 8.78 Å². The van der Waals surface area contributed by atoms with E-state index in [1.54, 1.807) is 29.9 Å². The van der Waals surface area contributed by atoms with Crippen molar-refractivity contribution in [1.82, 2.24) is 4.57 Å². The molecule has 0 amide bonds. The monoisotopic (exact) mass is 251 g/mol. The van der Waals surface area contributed by atoms with E-state index in [0.29, 0.717) is 5.69 Å². The van der Waals surface area contributed by atoms with Crippen LogP contribution in [0.1, 0.15) is 16.1 Å². The van der Waals surface area contributed by atoms with Crippen LogP contribution in [0, 0.1) is 11.6 Å². The van der Waals surface area contributed by atoms with Crippen LogP contribution in [0.15, 0.2) is 36.5 Å². The number of ether oxygens (including phenoxy) is 1. The molecule has 1 aromatic carbocycles. The summed E-state index contributed by atoms with van der Waals surface area (Å²) in [5.41, 5.74) is 0.365. The minimum absolute atomic E-state index is 0.0116. The van der Waals surface area contributed by atoms with E-state index in [4.69, 9.17) is 4.74 Å². The minimum atomic E-state index is -0.989. The van der Waals surface area contributed by atoms with E-state index in [1.165, 1.54) is 12.1 Å². The third kappa shape index (κ3) is 2.40. The quantitative estimate of drug-likeness (QED) is 0.785. The molecule has 18 heavy (non-hydrogen) atoms. The molecule has 5 heteroatoms. The van der Waals surface area contributed by atoms with Crippen LogP contribution in [0.5, 0.6) is 0 Å². The van der Waals surface area contributed by atoms with Gasteiger partial charge in [0.2, 0.25) is 0 Å². The molecule has 1 heterocycles. The van der Waals surface area contributed by atoms with Crippen LogP contribution in [-0.4, -0.2) is 10.5 Å². The number of hydrogen-bond acceptors (Lipinski definition) is 2. The number of carbonyl (C=O) groups is 1. The normalized spacial score (nSPS) is 10.4. The van der Waals surface area contributed by atoms with Crippen molar-refractivity contribution in [3.05, 3.63) is 59.4 Å². The Bertz CT molecular complexity index is 578. The van der Waals surface area contributed by atoms with Gasteiger partial charge in [-0.1, -0.05) is 12.1 Å². The summed E-state index contributed by atoms with van der Waals surface area (Å²) in [6.45, 7) is -0.298. The number of rotatable bonds is 3. The first-order chi connectivity index (χ1) is 8.59. The Kier molecular flexibility index (Phi) is 3.41. The van der Waals surface area contributed by atoms with E-state index in [-0.39, 0.29) is 12.2 Å². The second-order valence-corrected chi connectivity index (χ2v) is 3.79. The van der Waals surface area contributed by atoms with Crippen LogP contribution in [-0.2, 0) is 18.4 Å². The Morgan fingerprint density at radius 3 is 2.72 bits per heavy atom. The molecule has 0 bridgehead atoms. The van der Waals surface area contributed by atoms with Gasteiger partial charge in [-0.05, 0) is 18.2 Å². The smallest absolute Gasteiger partial charge is 0.355 e. The van der Waals surface area contributed by atoms with Crippen molar-refractivity contribution in [1.29, 1.82) is 0 Å². The van der Waals surface area contributed by atoms with E-state index in [1.807, 2.05) is 0 Å².